The smallest absolute Gasteiger partial charge is 0.231 e. The van der Waals surface area contributed by atoms with Crippen LogP contribution in [0.15, 0.2) is 29.2 Å². The molecule has 0 N–H and O–H groups in total. The number of nitrogens with zero attached hydrogens (tertiary/aromatic N) is 1. The summed E-state index contributed by atoms with van der Waals surface area (Å²) in [6, 6.07) is 8.32. The van der Waals surface area contributed by atoms with Gasteiger partial charge in [-0.1, -0.05) is 34.1 Å². The molecule has 1 saturated heterocycles. The van der Waals surface area contributed by atoms with Gasteiger partial charge in [-0.05, 0) is 24.5 Å². The topological polar surface area (TPSA) is 20.3 Å². The molecule has 1 aromatic carbocycles. The van der Waals surface area contributed by atoms with Crippen LogP contribution in [0.2, 0.25) is 0 Å². The zero-order chi connectivity index (χ0) is 12.5. The third kappa shape index (κ3) is 2.32. The van der Waals surface area contributed by atoms with E-state index in [-0.39, 0.29) is 5.92 Å². The molecule has 2 aliphatic rings. The molecule has 1 atom stereocenters. The Morgan fingerprint density at radius 2 is 2.00 bits per heavy atom. The largest absolute Gasteiger partial charge is 0.342 e. The number of piperidine rings is 1. The lowest BCUT2D eigenvalue weighted by Crippen LogP contribution is -2.41. The Morgan fingerprint density at radius 1 is 1.28 bits per heavy atom. The average molecular weight is 326 g/mol. The van der Waals surface area contributed by atoms with Crippen molar-refractivity contribution in [3.05, 3.63) is 29.8 Å². The molecule has 0 aliphatic carbocycles. The second-order valence-electron chi connectivity index (χ2n) is 4.90. The highest BCUT2D eigenvalue weighted by molar-refractivity contribution is 9.09. The van der Waals surface area contributed by atoms with E-state index in [0.29, 0.717) is 10.7 Å². The number of fused-ring (bicyclic) bond motifs is 1. The monoisotopic (exact) mass is 325 g/mol. The average Bonchev–Trinajstić information content (AvgIpc) is 2.82. The van der Waals surface area contributed by atoms with Crippen molar-refractivity contribution in [2.45, 2.75) is 28.5 Å². The number of carbonyl (C=O) groups excluding carboxylic acids is 1. The molecule has 96 valence electrons. The summed E-state index contributed by atoms with van der Waals surface area (Å²) in [5.74, 6) is 1.32. The molecular weight excluding hydrogens is 310 g/mol. The number of benzene rings is 1. The Balaban J connectivity index is 1.74. The van der Waals surface area contributed by atoms with E-state index in [2.05, 4.69) is 34.1 Å². The Bertz CT molecular complexity index is 457. The first-order valence-electron chi connectivity index (χ1n) is 6.40. The first kappa shape index (κ1) is 12.5. The van der Waals surface area contributed by atoms with Crippen molar-refractivity contribution in [2.24, 2.45) is 0 Å². The van der Waals surface area contributed by atoms with Crippen LogP contribution in [0.3, 0.4) is 0 Å². The number of amides is 1. The molecule has 1 unspecified atom stereocenters. The van der Waals surface area contributed by atoms with Crippen molar-refractivity contribution >= 4 is 33.6 Å². The minimum Gasteiger partial charge on any atom is -0.342 e. The summed E-state index contributed by atoms with van der Waals surface area (Å²) in [6.07, 6.45) is 2.15. The Morgan fingerprint density at radius 3 is 2.78 bits per heavy atom. The lowest BCUT2D eigenvalue weighted by Gasteiger charge is -2.31. The van der Waals surface area contributed by atoms with Crippen molar-refractivity contribution in [1.82, 2.24) is 4.90 Å². The van der Waals surface area contributed by atoms with Crippen molar-refractivity contribution in [1.29, 1.82) is 0 Å². The zero-order valence-electron chi connectivity index (χ0n) is 10.1. The van der Waals surface area contributed by atoms with E-state index in [4.69, 9.17) is 0 Å². The SMILES string of the molecule is O=C(C1CSc2ccccc21)N1CCC(Br)CC1. The molecule has 2 nitrogen and oxygen atoms in total. The molecule has 4 heteroatoms. The van der Waals surface area contributed by atoms with Gasteiger partial charge in [-0.2, -0.15) is 0 Å². The minimum absolute atomic E-state index is 0.0816. The number of hydrogen-bond acceptors (Lipinski definition) is 2. The van der Waals surface area contributed by atoms with Gasteiger partial charge >= 0.3 is 0 Å². The second kappa shape index (κ2) is 5.25. The van der Waals surface area contributed by atoms with Gasteiger partial charge in [0.05, 0.1) is 5.92 Å². The normalized spacial score (nSPS) is 24.1. The van der Waals surface area contributed by atoms with Crippen LogP contribution in [-0.2, 0) is 4.79 Å². The Kier molecular flexibility index (Phi) is 3.66. The highest BCUT2D eigenvalue weighted by atomic mass is 79.9. The molecule has 2 heterocycles. The summed E-state index contributed by atoms with van der Waals surface area (Å²) in [6.45, 7) is 1.80. The number of halogens is 1. The Labute approximate surface area is 120 Å². The first-order chi connectivity index (χ1) is 8.75. The van der Waals surface area contributed by atoms with Crippen LogP contribution >= 0.6 is 27.7 Å². The summed E-state index contributed by atoms with van der Waals surface area (Å²) < 4.78 is 0. The van der Waals surface area contributed by atoms with Crippen molar-refractivity contribution in [3.63, 3.8) is 0 Å². The lowest BCUT2D eigenvalue weighted by molar-refractivity contribution is -0.133. The molecule has 0 bridgehead atoms. The van der Waals surface area contributed by atoms with Crippen LogP contribution in [-0.4, -0.2) is 34.5 Å². The fourth-order valence-electron chi connectivity index (χ4n) is 2.66. The third-order valence-electron chi connectivity index (χ3n) is 3.73. The van der Waals surface area contributed by atoms with E-state index in [1.807, 2.05) is 22.7 Å². The van der Waals surface area contributed by atoms with Gasteiger partial charge in [-0.3, -0.25) is 4.79 Å². The molecule has 0 aromatic heterocycles. The summed E-state index contributed by atoms with van der Waals surface area (Å²) in [5.41, 5.74) is 1.23. The number of thioether (sulfide) groups is 1. The van der Waals surface area contributed by atoms with Crippen molar-refractivity contribution < 1.29 is 4.79 Å². The summed E-state index contributed by atoms with van der Waals surface area (Å²) in [7, 11) is 0. The number of hydrogen-bond donors (Lipinski definition) is 0. The number of rotatable bonds is 1. The van der Waals surface area contributed by atoms with Crippen molar-refractivity contribution in [2.75, 3.05) is 18.8 Å². The molecule has 0 spiro atoms. The van der Waals surface area contributed by atoms with E-state index in [1.165, 1.54) is 10.5 Å². The second-order valence-corrected chi connectivity index (χ2v) is 7.26. The zero-order valence-corrected chi connectivity index (χ0v) is 12.5. The fraction of sp³-hybridized carbons (Fsp3) is 0.500. The van der Waals surface area contributed by atoms with Gasteiger partial charge in [0.15, 0.2) is 0 Å². The number of carbonyl (C=O) groups is 1. The summed E-state index contributed by atoms with van der Waals surface area (Å²) >= 11 is 5.44. The van der Waals surface area contributed by atoms with Crippen molar-refractivity contribution in [3.8, 4) is 0 Å². The molecular formula is C14H16BrNOS. The first-order valence-corrected chi connectivity index (χ1v) is 8.30. The summed E-state index contributed by atoms with van der Waals surface area (Å²) in [5, 5.41) is 0. The highest BCUT2D eigenvalue weighted by Crippen LogP contribution is 2.40. The van der Waals surface area contributed by atoms with Crippen LogP contribution in [0.5, 0.6) is 0 Å². The lowest BCUT2D eigenvalue weighted by atomic mass is 9.98. The van der Waals surface area contributed by atoms with E-state index in [0.717, 1.165) is 31.7 Å². The minimum atomic E-state index is 0.0816. The van der Waals surface area contributed by atoms with Gasteiger partial charge < -0.3 is 4.90 Å². The predicted octanol–water partition coefficient (Wildman–Crippen LogP) is 3.26. The van der Waals surface area contributed by atoms with E-state index in [1.54, 1.807) is 0 Å². The maximum Gasteiger partial charge on any atom is 0.231 e. The maximum absolute atomic E-state index is 12.6. The Hall–Kier alpha value is -0.480. The van der Waals surface area contributed by atoms with E-state index in [9.17, 15) is 4.79 Å². The highest BCUT2D eigenvalue weighted by Gasteiger charge is 2.33. The van der Waals surface area contributed by atoms with Crippen LogP contribution < -0.4 is 0 Å². The molecule has 0 saturated carbocycles. The van der Waals surface area contributed by atoms with Gasteiger partial charge in [-0.15, -0.1) is 11.8 Å². The van der Waals surface area contributed by atoms with Gasteiger partial charge in [-0.25, -0.2) is 0 Å². The van der Waals surface area contributed by atoms with Crippen LogP contribution in [0, 0.1) is 0 Å². The maximum atomic E-state index is 12.6. The van der Waals surface area contributed by atoms with E-state index < -0.39 is 0 Å². The molecule has 3 rings (SSSR count). The third-order valence-corrected chi connectivity index (χ3v) is 5.83. The van der Waals surface area contributed by atoms with Gasteiger partial charge in [0.1, 0.15) is 0 Å². The van der Waals surface area contributed by atoms with Crippen LogP contribution in [0.1, 0.15) is 24.3 Å². The molecule has 1 fully saturated rings. The molecule has 18 heavy (non-hydrogen) atoms. The molecule has 0 radical (unpaired) electrons. The number of likely N-dealkylation sites (tertiary alicyclic amines) is 1. The molecule has 2 aliphatic heterocycles. The molecule has 1 aromatic rings. The predicted molar refractivity (Wildman–Crippen MR) is 78.4 cm³/mol. The summed E-state index contributed by atoms with van der Waals surface area (Å²) in [4.78, 5) is 16.5. The van der Waals surface area contributed by atoms with Crippen LogP contribution in [0.25, 0.3) is 0 Å². The molecule has 1 amide bonds. The standard InChI is InChI=1S/C14H16BrNOS/c15-10-5-7-16(8-6-10)14(17)12-9-18-13-4-2-1-3-11(12)13/h1-4,10,12H,5-9H2. The quantitative estimate of drug-likeness (QED) is 0.739. The van der Waals surface area contributed by atoms with Gasteiger partial charge in [0.25, 0.3) is 0 Å². The van der Waals surface area contributed by atoms with E-state index >= 15 is 0 Å². The van der Waals surface area contributed by atoms with Gasteiger partial charge in [0, 0.05) is 28.6 Å². The fourth-order valence-corrected chi connectivity index (χ4v) is 4.29. The number of alkyl halides is 1. The van der Waals surface area contributed by atoms with Gasteiger partial charge in [0.2, 0.25) is 5.91 Å². The van der Waals surface area contributed by atoms with Crippen LogP contribution in [0.4, 0.5) is 0 Å².